The fourth-order valence-corrected chi connectivity index (χ4v) is 1.50. The van der Waals surface area contributed by atoms with E-state index in [4.69, 9.17) is 15.6 Å². The zero-order chi connectivity index (χ0) is 11.5. The molecule has 0 aromatic carbocycles. The van der Waals surface area contributed by atoms with E-state index in [0.717, 1.165) is 25.7 Å². The van der Waals surface area contributed by atoms with E-state index in [1.54, 1.807) is 0 Å². The minimum Gasteiger partial charge on any atom is -0.481 e. The van der Waals surface area contributed by atoms with E-state index >= 15 is 0 Å². The van der Waals surface area contributed by atoms with Crippen LogP contribution in [0, 0.1) is 5.92 Å². The van der Waals surface area contributed by atoms with Gasteiger partial charge in [0.2, 0.25) is 0 Å². The quantitative estimate of drug-likeness (QED) is 0.545. The van der Waals surface area contributed by atoms with Gasteiger partial charge in [0.15, 0.2) is 0 Å². The van der Waals surface area contributed by atoms with Crippen molar-refractivity contribution in [3.63, 3.8) is 0 Å². The van der Waals surface area contributed by atoms with Crippen molar-refractivity contribution < 1.29 is 14.6 Å². The molecular formula is C11H23NO3. The normalized spacial score (nSPS) is 12.7. The van der Waals surface area contributed by atoms with Gasteiger partial charge in [0.1, 0.15) is 0 Å². The highest BCUT2D eigenvalue weighted by molar-refractivity contribution is 5.69. The van der Waals surface area contributed by atoms with Gasteiger partial charge in [-0.2, -0.15) is 0 Å². The highest BCUT2D eigenvalue weighted by atomic mass is 16.5. The Balaban J connectivity index is 3.59. The van der Waals surface area contributed by atoms with Gasteiger partial charge in [0.05, 0.1) is 5.92 Å². The molecule has 15 heavy (non-hydrogen) atoms. The van der Waals surface area contributed by atoms with Crippen molar-refractivity contribution in [1.82, 2.24) is 0 Å². The lowest BCUT2D eigenvalue weighted by molar-refractivity contribution is -0.142. The van der Waals surface area contributed by atoms with E-state index in [0.29, 0.717) is 26.2 Å². The zero-order valence-electron chi connectivity index (χ0n) is 9.58. The molecule has 0 aliphatic rings. The Hall–Kier alpha value is -0.610. The fourth-order valence-electron chi connectivity index (χ4n) is 1.50. The first-order chi connectivity index (χ1) is 7.22. The number of carboxylic acid groups (broad SMARTS) is 1. The third-order valence-electron chi connectivity index (χ3n) is 2.40. The van der Waals surface area contributed by atoms with Crippen LogP contribution in [-0.4, -0.2) is 30.8 Å². The summed E-state index contributed by atoms with van der Waals surface area (Å²) < 4.78 is 5.18. The molecule has 1 unspecified atom stereocenters. The second-order valence-electron chi connectivity index (χ2n) is 3.66. The summed E-state index contributed by atoms with van der Waals surface area (Å²) in [6.07, 6.45) is 4.09. The molecule has 3 N–H and O–H groups in total. The Morgan fingerprint density at radius 3 is 2.53 bits per heavy atom. The molecule has 0 aromatic rings. The lowest BCUT2D eigenvalue weighted by Crippen LogP contribution is -2.15. The van der Waals surface area contributed by atoms with Crippen LogP contribution < -0.4 is 5.73 Å². The monoisotopic (exact) mass is 217 g/mol. The average molecular weight is 217 g/mol. The number of carboxylic acids is 1. The molecule has 0 saturated heterocycles. The second-order valence-corrected chi connectivity index (χ2v) is 3.66. The highest BCUT2D eigenvalue weighted by Gasteiger charge is 2.15. The summed E-state index contributed by atoms with van der Waals surface area (Å²) in [5, 5.41) is 8.96. The van der Waals surface area contributed by atoms with Crippen molar-refractivity contribution in [2.75, 3.05) is 19.8 Å². The average Bonchev–Trinajstić information content (AvgIpc) is 2.21. The minimum absolute atomic E-state index is 0.225. The molecule has 0 heterocycles. The summed E-state index contributed by atoms with van der Waals surface area (Å²) in [5.41, 5.74) is 5.36. The first-order valence-corrected chi connectivity index (χ1v) is 5.73. The number of hydrogen-bond acceptors (Lipinski definition) is 3. The number of hydrogen-bond donors (Lipinski definition) is 2. The van der Waals surface area contributed by atoms with Crippen molar-refractivity contribution in [1.29, 1.82) is 0 Å². The van der Waals surface area contributed by atoms with E-state index < -0.39 is 5.97 Å². The smallest absolute Gasteiger partial charge is 0.306 e. The molecule has 0 fully saturated rings. The van der Waals surface area contributed by atoms with Crippen LogP contribution in [0.4, 0.5) is 0 Å². The number of rotatable bonds is 10. The number of aliphatic carboxylic acids is 1. The maximum absolute atomic E-state index is 10.9. The summed E-state index contributed by atoms with van der Waals surface area (Å²) in [4.78, 5) is 10.9. The summed E-state index contributed by atoms with van der Waals surface area (Å²) >= 11 is 0. The summed E-state index contributed by atoms with van der Waals surface area (Å²) in [7, 11) is 0. The predicted octanol–water partition coefficient (Wildman–Crippen LogP) is 1.63. The second kappa shape index (κ2) is 9.93. The minimum atomic E-state index is -0.691. The Bertz CT molecular complexity index is 162. The summed E-state index contributed by atoms with van der Waals surface area (Å²) in [6.45, 7) is 3.95. The molecule has 0 aliphatic heterocycles. The van der Waals surface area contributed by atoms with Gasteiger partial charge in [-0.1, -0.05) is 6.42 Å². The van der Waals surface area contributed by atoms with Crippen LogP contribution in [0.1, 0.15) is 39.0 Å². The topological polar surface area (TPSA) is 72.5 Å². The van der Waals surface area contributed by atoms with Crippen LogP contribution in [0.25, 0.3) is 0 Å². The molecule has 0 radical (unpaired) electrons. The van der Waals surface area contributed by atoms with E-state index in [1.807, 2.05) is 6.92 Å². The third kappa shape index (κ3) is 8.39. The molecule has 4 nitrogen and oxygen atoms in total. The molecule has 4 heteroatoms. The first kappa shape index (κ1) is 14.4. The molecule has 0 rings (SSSR count). The van der Waals surface area contributed by atoms with Crippen molar-refractivity contribution >= 4 is 5.97 Å². The van der Waals surface area contributed by atoms with Gasteiger partial charge in [0.25, 0.3) is 0 Å². The number of nitrogens with two attached hydrogens (primary N) is 1. The van der Waals surface area contributed by atoms with Crippen LogP contribution in [0.3, 0.4) is 0 Å². The molecule has 0 saturated carbocycles. The van der Waals surface area contributed by atoms with Gasteiger partial charge in [0, 0.05) is 13.2 Å². The van der Waals surface area contributed by atoms with E-state index in [2.05, 4.69) is 0 Å². The number of ether oxygens (including phenoxy) is 1. The van der Waals surface area contributed by atoms with Crippen LogP contribution >= 0.6 is 0 Å². The maximum Gasteiger partial charge on any atom is 0.306 e. The standard InChI is InChI=1S/C11H23NO3/c1-2-15-9-5-7-10(11(13)14)6-3-4-8-12/h10H,2-9,12H2,1H3,(H,13,14). The van der Waals surface area contributed by atoms with Crippen LogP contribution in [0.15, 0.2) is 0 Å². The Morgan fingerprint density at radius 2 is 2.00 bits per heavy atom. The number of unbranched alkanes of at least 4 members (excludes halogenated alkanes) is 1. The fraction of sp³-hybridized carbons (Fsp3) is 0.909. The molecular weight excluding hydrogens is 194 g/mol. The van der Waals surface area contributed by atoms with Crippen molar-refractivity contribution in [2.45, 2.75) is 39.0 Å². The van der Waals surface area contributed by atoms with Gasteiger partial charge in [-0.15, -0.1) is 0 Å². The Morgan fingerprint density at radius 1 is 1.33 bits per heavy atom. The lowest BCUT2D eigenvalue weighted by Gasteiger charge is -2.11. The van der Waals surface area contributed by atoms with Gasteiger partial charge in [-0.25, -0.2) is 0 Å². The molecule has 1 atom stereocenters. The Labute approximate surface area is 91.8 Å². The molecule has 0 aliphatic carbocycles. The van der Waals surface area contributed by atoms with Crippen molar-refractivity contribution in [3.8, 4) is 0 Å². The van der Waals surface area contributed by atoms with Crippen molar-refractivity contribution in [2.24, 2.45) is 11.7 Å². The molecule has 0 amide bonds. The van der Waals surface area contributed by atoms with Crippen LogP contribution in [0.5, 0.6) is 0 Å². The predicted molar refractivity (Wildman–Crippen MR) is 59.8 cm³/mol. The van der Waals surface area contributed by atoms with E-state index in [9.17, 15) is 4.79 Å². The van der Waals surface area contributed by atoms with Gasteiger partial charge < -0.3 is 15.6 Å². The highest BCUT2D eigenvalue weighted by Crippen LogP contribution is 2.15. The molecule has 90 valence electrons. The molecule has 0 spiro atoms. The van der Waals surface area contributed by atoms with Gasteiger partial charge in [-0.3, -0.25) is 4.79 Å². The first-order valence-electron chi connectivity index (χ1n) is 5.73. The third-order valence-corrected chi connectivity index (χ3v) is 2.40. The maximum atomic E-state index is 10.9. The largest absolute Gasteiger partial charge is 0.481 e. The van der Waals surface area contributed by atoms with Crippen LogP contribution in [-0.2, 0) is 9.53 Å². The van der Waals surface area contributed by atoms with Crippen LogP contribution in [0.2, 0.25) is 0 Å². The molecule has 0 aromatic heterocycles. The Kier molecular flexibility index (Phi) is 9.52. The van der Waals surface area contributed by atoms with Gasteiger partial charge in [-0.05, 0) is 39.2 Å². The SMILES string of the molecule is CCOCCCC(CCCCN)C(=O)O. The summed E-state index contributed by atoms with van der Waals surface area (Å²) in [6, 6.07) is 0. The van der Waals surface area contributed by atoms with E-state index in [1.165, 1.54) is 0 Å². The van der Waals surface area contributed by atoms with E-state index in [-0.39, 0.29) is 5.92 Å². The summed E-state index contributed by atoms with van der Waals surface area (Å²) in [5.74, 6) is -0.916. The lowest BCUT2D eigenvalue weighted by atomic mass is 9.97. The van der Waals surface area contributed by atoms with Gasteiger partial charge >= 0.3 is 5.97 Å². The van der Waals surface area contributed by atoms with Crippen molar-refractivity contribution in [3.05, 3.63) is 0 Å². The molecule has 0 bridgehead atoms. The zero-order valence-corrected chi connectivity index (χ0v) is 9.58. The number of carbonyl (C=O) groups is 1.